The third kappa shape index (κ3) is 5.80. The molecule has 102 valence electrons. The molecule has 1 rings (SSSR count). The predicted octanol–water partition coefficient (Wildman–Crippen LogP) is -0.922. The van der Waals surface area contributed by atoms with E-state index in [1.807, 2.05) is 0 Å². The number of hydrogen-bond donors (Lipinski definition) is 2. The Morgan fingerprint density at radius 1 is 1.18 bits per heavy atom. The van der Waals surface area contributed by atoms with E-state index < -0.39 is 19.9 Å². The van der Waals surface area contributed by atoms with Crippen LogP contribution in [-0.2, 0) is 19.9 Å². The average Bonchev–Trinajstić information content (AvgIpc) is 2.58. The molecule has 1 fully saturated rings. The molecule has 2 atom stereocenters. The number of nitrogens with one attached hydrogen (secondary N) is 1. The number of hydrogen-bond acceptors (Lipinski definition) is 5. The number of sulfone groups is 1. The molecule has 1 saturated carbocycles. The summed E-state index contributed by atoms with van der Waals surface area (Å²) >= 11 is 0. The third-order valence-electron chi connectivity index (χ3n) is 3.01. The highest BCUT2D eigenvalue weighted by Gasteiger charge is 2.25. The van der Waals surface area contributed by atoms with Crippen LogP contribution < -0.4 is 10.5 Å². The van der Waals surface area contributed by atoms with Crippen molar-refractivity contribution in [2.24, 2.45) is 11.7 Å². The molecule has 6 nitrogen and oxygen atoms in total. The maximum absolute atomic E-state index is 11.5. The normalized spacial score (nSPS) is 26.2. The van der Waals surface area contributed by atoms with Crippen LogP contribution in [0.15, 0.2) is 0 Å². The van der Waals surface area contributed by atoms with Crippen LogP contribution in [0.25, 0.3) is 0 Å². The zero-order valence-corrected chi connectivity index (χ0v) is 11.6. The third-order valence-corrected chi connectivity index (χ3v) is 5.56. The fraction of sp³-hybridized carbons (Fsp3) is 1.00. The van der Waals surface area contributed by atoms with Crippen molar-refractivity contribution in [1.29, 1.82) is 0 Å². The van der Waals surface area contributed by atoms with Crippen LogP contribution in [0, 0.1) is 5.92 Å². The maximum atomic E-state index is 11.5. The fourth-order valence-electron chi connectivity index (χ4n) is 1.89. The molecule has 2 unspecified atom stereocenters. The molecule has 0 amide bonds. The van der Waals surface area contributed by atoms with Gasteiger partial charge in [-0.2, -0.15) is 0 Å². The SMILES string of the molecule is CS(=O)(=O)CCS(=O)(=O)NCC1CCCC1N. The number of nitrogens with two attached hydrogens (primary N) is 1. The van der Waals surface area contributed by atoms with Crippen LogP contribution in [0.4, 0.5) is 0 Å². The van der Waals surface area contributed by atoms with Crippen molar-refractivity contribution in [3.8, 4) is 0 Å². The van der Waals surface area contributed by atoms with Crippen molar-refractivity contribution < 1.29 is 16.8 Å². The average molecular weight is 284 g/mol. The summed E-state index contributed by atoms with van der Waals surface area (Å²) in [6.07, 6.45) is 3.90. The summed E-state index contributed by atoms with van der Waals surface area (Å²) in [7, 11) is -6.76. The highest BCUT2D eigenvalue weighted by Crippen LogP contribution is 2.23. The first-order valence-electron chi connectivity index (χ1n) is 5.60. The van der Waals surface area contributed by atoms with Gasteiger partial charge in [-0.25, -0.2) is 21.6 Å². The lowest BCUT2D eigenvalue weighted by Gasteiger charge is -2.15. The molecule has 0 radical (unpaired) electrons. The van der Waals surface area contributed by atoms with Gasteiger partial charge in [0.15, 0.2) is 0 Å². The zero-order chi connectivity index (χ0) is 13.1. The monoisotopic (exact) mass is 284 g/mol. The lowest BCUT2D eigenvalue weighted by molar-refractivity contribution is 0.470. The molecule has 3 N–H and O–H groups in total. The Morgan fingerprint density at radius 2 is 1.82 bits per heavy atom. The summed E-state index contributed by atoms with van der Waals surface area (Å²) in [4.78, 5) is 0. The predicted molar refractivity (Wildman–Crippen MR) is 66.8 cm³/mol. The van der Waals surface area contributed by atoms with E-state index in [1.165, 1.54) is 0 Å². The van der Waals surface area contributed by atoms with Crippen LogP contribution in [0.1, 0.15) is 19.3 Å². The Balaban J connectivity index is 2.39. The Hall–Kier alpha value is -0.180. The summed E-state index contributed by atoms with van der Waals surface area (Å²) in [5, 5.41) is 0. The quantitative estimate of drug-likeness (QED) is 0.656. The second-order valence-electron chi connectivity index (χ2n) is 4.65. The van der Waals surface area contributed by atoms with E-state index in [9.17, 15) is 16.8 Å². The van der Waals surface area contributed by atoms with Crippen molar-refractivity contribution in [1.82, 2.24) is 4.72 Å². The van der Waals surface area contributed by atoms with E-state index in [1.54, 1.807) is 0 Å². The highest BCUT2D eigenvalue weighted by molar-refractivity contribution is 7.93. The summed E-state index contributed by atoms with van der Waals surface area (Å²) in [5.74, 6) is -0.560. The van der Waals surface area contributed by atoms with E-state index in [-0.39, 0.29) is 23.5 Å². The number of rotatable bonds is 6. The van der Waals surface area contributed by atoms with Crippen LogP contribution in [0.3, 0.4) is 0 Å². The molecule has 0 spiro atoms. The van der Waals surface area contributed by atoms with Gasteiger partial charge in [-0.1, -0.05) is 6.42 Å². The van der Waals surface area contributed by atoms with Crippen LogP contribution >= 0.6 is 0 Å². The molecule has 17 heavy (non-hydrogen) atoms. The molecule has 1 aliphatic rings. The first-order chi connectivity index (χ1) is 7.70. The minimum Gasteiger partial charge on any atom is -0.327 e. The van der Waals surface area contributed by atoms with Gasteiger partial charge in [0.2, 0.25) is 10.0 Å². The van der Waals surface area contributed by atoms with Gasteiger partial charge in [0.1, 0.15) is 9.84 Å². The van der Waals surface area contributed by atoms with Crippen LogP contribution in [0.2, 0.25) is 0 Å². The molecular weight excluding hydrogens is 264 g/mol. The standard InChI is InChI=1S/C9H20N2O4S2/c1-16(12,13)5-6-17(14,15)11-7-8-3-2-4-9(8)10/h8-9,11H,2-7,10H2,1H3. The molecule has 0 aromatic carbocycles. The second kappa shape index (κ2) is 5.64. The number of sulfonamides is 1. The molecule has 0 heterocycles. The second-order valence-corrected chi connectivity index (χ2v) is 8.84. The van der Waals surface area contributed by atoms with Gasteiger partial charge in [-0.15, -0.1) is 0 Å². The molecule has 0 aliphatic heterocycles. The van der Waals surface area contributed by atoms with Crippen LogP contribution in [-0.4, -0.2) is 47.2 Å². The van der Waals surface area contributed by atoms with E-state index in [4.69, 9.17) is 5.73 Å². The lowest BCUT2D eigenvalue weighted by atomic mass is 10.1. The molecule has 0 aromatic rings. The van der Waals surface area contributed by atoms with Crippen molar-refractivity contribution in [3.63, 3.8) is 0 Å². The van der Waals surface area contributed by atoms with Gasteiger partial charge < -0.3 is 5.73 Å². The van der Waals surface area contributed by atoms with Gasteiger partial charge >= 0.3 is 0 Å². The topological polar surface area (TPSA) is 106 Å². The van der Waals surface area contributed by atoms with Crippen molar-refractivity contribution >= 4 is 19.9 Å². The maximum Gasteiger partial charge on any atom is 0.212 e. The van der Waals surface area contributed by atoms with Crippen molar-refractivity contribution in [3.05, 3.63) is 0 Å². The van der Waals surface area contributed by atoms with Gasteiger partial charge in [-0.3, -0.25) is 0 Å². The molecule has 1 aliphatic carbocycles. The Kier molecular flexibility index (Phi) is 4.94. The first-order valence-corrected chi connectivity index (χ1v) is 9.31. The Morgan fingerprint density at radius 3 is 2.29 bits per heavy atom. The summed E-state index contributed by atoms with van der Waals surface area (Å²) in [6.45, 7) is 0.313. The highest BCUT2D eigenvalue weighted by atomic mass is 32.2. The first kappa shape index (κ1) is 14.9. The van der Waals surface area contributed by atoms with E-state index in [2.05, 4.69) is 4.72 Å². The molecule has 0 aromatic heterocycles. The summed E-state index contributed by atoms with van der Waals surface area (Å²) in [6, 6.07) is 0.0487. The summed E-state index contributed by atoms with van der Waals surface area (Å²) < 4.78 is 47.2. The lowest BCUT2D eigenvalue weighted by Crippen LogP contribution is -2.37. The van der Waals surface area contributed by atoms with Gasteiger partial charge in [0.25, 0.3) is 0 Å². The van der Waals surface area contributed by atoms with Crippen molar-refractivity contribution in [2.45, 2.75) is 25.3 Å². The molecule has 0 saturated heterocycles. The van der Waals surface area contributed by atoms with E-state index in [0.717, 1.165) is 25.5 Å². The minimum absolute atomic E-state index is 0.0487. The van der Waals surface area contributed by atoms with Gasteiger partial charge in [0.05, 0.1) is 11.5 Å². The molecule has 0 bridgehead atoms. The smallest absolute Gasteiger partial charge is 0.212 e. The minimum atomic E-state index is -3.51. The van der Waals surface area contributed by atoms with Gasteiger partial charge in [-0.05, 0) is 18.8 Å². The zero-order valence-electron chi connectivity index (χ0n) is 9.92. The molecule has 8 heteroatoms. The summed E-state index contributed by atoms with van der Waals surface area (Å²) in [5.41, 5.74) is 5.82. The Bertz CT molecular complexity index is 444. The molecular formula is C9H20N2O4S2. The van der Waals surface area contributed by atoms with Crippen LogP contribution in [0.5, 0.6) is 0 Å². The Labute approximate surface area is 103 Å². The van der Waals surface area contributed by atoms with Crippen molar-refractivity contribution in [2.75, 3.05) is 24.3 Å². The largest absolute Gasteiger partial charge is 0.327 e. The fourth-order valence-corrected chi connectivity index (χ4v) is 4.59. The van der Waals surface area contributed by atoms with E-state index in [0.29, 0.717) is 6.54 Å². The van der Waals surface area contributed by atoms with E-state index >= 15 is 0 Å². The van der Waals surface area contributed by atoms with Gasteiger partial charge in [0, 0.05) is 18.8 Å².